The minimum Gasteiger partial charge on any atom is -1.00 e. The number of quaternary nitrogens is 1. The first kappa shape index (κ1) is 26.6. The number of hydrogen-bond donors (Lipinski definition) is 2. The number of guanidine groups is 2. The first-order valence-electron chi connectivity index (χ1n) is 8.56. The van der Waals surface area contributed by atoms with E-state index in [2.05, 4.69) is 17.5 Å². The van der Waals surface area contributed by atoms with Gasteiger partial charge in [0, 0.05) is 27.7 Å². The molecule has 1 fully saturated rings. The molecule has 2 N–H and O–H groups in total. The Labute approximate surface area is 171 Å². The van der Waals surface area contributed by atoms with Gasteiger partial charge in [0.1, 0.15) is 0 Å². The molecule has 0 bridgehead atoms. The Kier molecular flexibility index (Phi) is 14.5. The summed E-state index contributed by atoms with van der Waals surface area (Å²) in [6.45, 7) is 4.81. The Morgan fingerprint density at radius 1 is 1.16 bits per heavy atom. The van der Waals surface area contributed by atoms with Crippen molar-refractivity contribution in [2.75, 3.05) is 61.5 Å². The molecular formula is C17H39IN6O. The first-order valence-corrected chi connectivity index (χ1v) is 8.56. The summed E-state index contributed by atoms with van der Waals surface area (Å²) in [6, 6.07) is 0. The minimum absolute atomic E-state index is 0. The monoisotopic (exact) mass is 470 g/mol. The van der Waals surface area contributed by atoms with E-state index >= 15 is 0 Å². The molecule has 0 amide bonds. The smallest absolute Gasteiger partial charge is 0.226 e. The Morgan fingerprint density at radius 3 is 2.28 bits per heavy atom. The second-order valence-corrected chi connectivity index (χ2v) is 6.94. The molecule has 1 saturated heterocycles. The van der Waals surface area contributed by atoms with Gasteiger partial charge in [-0.15, -0.1) is 0 Å². The maximum absolute atomic E-state index is 7.83. The number of rotatable bonds is 6. The van der Waals surface area contributed by atoms with E-state index in [0.29, 0.717) is 5.96 Å². The maximum atomic E-state index is 7.83. The van der Waals surface area contributed by atoms with Gasteiger partial charge in [-0.25, -0.2) is 5.48 Å². The van der Waals surface area contributed by atoms with Crippen LogP contribution in [0.25, 0.3) is 0 Å². The molecule has 0 aromatic carbocycles. The second-order valence-electron chi connectivity index (χ2n) is 6.94. The van der Waals surface area contributed by atoms with Gasteiger partial charge in [0.2, 0.25) is 11.9 Å². The van der Waals surface area contributed by atoms with E-state index in [0.717, 1.165) is 13.0 Å². The predicted octanol–water partition coefficient (Wildman–Crippen LogP) is -1.03. The van der Waals surface area contributed by atoms with Gasteiger partial charge in [-0.05, 0) is 32.1 Å². The van der Waals surface area contributed by atoms with Crippen LogP contribution in [0, 0.1) is 5.41 Å². The Balaban J connectivity index is 0. The van der Waals surface area contributed by atoms with Gasteiger partial charge < -0.3 is 38.3 Å². The van der Waals surface area contributed by atoms with Gasteiger partial charge in [0.25, 0.3) is 0 Å². The third-order valence-corrected chi connectivity index (χ3v) is 4.53. The Bertz CT molecular complexity index is 397. The van der Waals surface area contributed by atoms with Crippen molar-refractivity contribution in [3.05, 3.63) is 0 Å². The fraction of sp³-hybridized carbons (Fsp3) is 0.882. The number of unbranched alkanes of at least 4 members (excludes halogenated alkanes) is 1. The average molecular weight is 470 g/mol. The number of hydroxylamine groups is 1. The van der Waals surface area contributed by atoms with Crippen LogP contribution in [0.2, 0.25) is 0 Å². The molecule has 1 aliphatic rings. The number of likely N-dealkylation sites (tertiary alicyclic amines) is 1. The van der Waals surface area contributed by atoms with Gasteiger partial charge in [0.15, 0.2) is 0 Å². The summed E-state index contributed by atoms with van der Waals surface area (Å²) < 4.78 is 1.23. The zero-order valence-electron chi connectivity index (χ0n) is 15.9. The molecule has 0 aromatic heterocycles. The van der Waals surface area contributed by atoms with Crippen LogP contribution >= 0.6 is 0 Å². The van der Waals surface area contributed by atoms with Gasteiger partial charge in [0.05, 0.1) is 33.8 Å². The number of nitrogens with one attached hydrogen (secondary N) is 2. The van der Waals surface area contributed by atoms with Crippen LogP contribution in [0.3, 0.4) is 0 Å². The highest BCUT2D eigenvalue weighted by Crippen LogP contribution is 2.17. The fourth-order valence-electron chi connectivity index (χ4n) is 2.93. The van der Waals surface area contributed by atoms with Crippen molar-refractivity contribution < 1.29 is 33.3 Å². The highest BCUT2D eigenvalue weighted by molar-refractivity contribution is 5.92. The van der Waals surface area contributed by atoms with Crippen molar-refractivity contribution in [3.8, 4) is 0 Å². The van der Waals surface area contributed by atoms with Crippen molar-refractivity contribution in [2.45, 2.75) is 39.5 Å². The number of halogens is 1. The van der Waals surface area contributed by atoms with Crippen molar-refractivity contribution in [1.29, 1.82) is 5.41 Å². The maximum Gasteiger partial charge on any atom is 0.226 e. The zero-order valence-corrected chi connectivity index (χ0v) is 18.1. The number of nitrogens with zero attached hydrogens (tertiary/aromatic N) is 4. The summed E-state index contributed by atoms with van der Waals surface area (Å²) in [6.07, 6.45) is 6.47. The second kappa shape index (κ2) is 13.6. The number of hydrogen-bond acceptors (Lipinski definition) is 2. The van der Waals surface area contributed by atoms with Gasteiger partial charge in [-0.1, -0.05) is 7.43 Å². The van der Waals surface area contributed by atoms with E-state index in [1.165, 1.54) is 49.8 Å². The van der Waals surface area contributed by atoms with E-state index in [1.54, 1.807) is 26.1 Å². The highest BCUT2D eigenvalue weighted by atomic mass is 127. The summed E-state index contributed by atoms with van der Waals surface area (Å²) in [5.41, 5.74) is 2.77. The van der Waals surface area contributed by atoms with Gasteiger partial charge in [-0.3, -0.25) is 10.2 Å². The molecule has 0 aromatic rings. The molecule has 0 aliphatic carbocycles. The summed E-state index contributed by atoms with van der Waals surface area (Å²) in [5, 5.41) is 7.83. The lowest BCUT2D eigenvalue weighted by Gasteiger charge is -2.38. The largest absolute Gasteiger partial charge is 1.00 e. The highest BCUT2D eigenvalue weighted by Gasteiger charge is 2.23. The van der Waals surface area contributed by atoms with E-state index in [1.807, 2.05) is 11.9 Å². The summed E-state index contributed by atoms with van der Waals surface area (Å²) in [4.78, 5) is 12.9. The summed E-state index contributed by atoms with van der Waals surface area (Å²) in [7, 11) is 9.54. The molecule has 8 heteroatoms. The van der Waals surface area contributed by atoms with E-state index in [9.17, 15) is 0 Å². The van der Waals surface area contributed by atoms with Gasteiger partial charge >= 0.3 is 0 Å². The lowest BCUT2D eigenvalue weighted by molar-refractivity contribution is -0.914. The van der Waals surface area contributed by atoms with Crippen LogP contribution < -0.4 is 29.5 Å². The Morgan fingerprint density at radius 2 is 1.76 bits per heavy atom. The van der Waals surface area contributed by atoms with Crippen LogP contribution in [0.1, 0.15) is 39.5 Å². The van der Waals surface area contributed by atoms with Crippen LogP contribution in [-0.4, -0.2) is 87.7 Å². The van der Waals surface area contributed by atoms with Crippen LogP contribution in [0.4, 0.5) is 0 Å². The molecule has 25 heavy (non-hydrogen) atoms. The first-order chi connectivity index (χ1) is 10.9. The molecule has 0 atom stereocenters. The lowest BCUT2D eigenvalue weighted by atomic mass is 10.1. The molecule has 0 saturated carbocycles. The van der Waals surface area contributed by atoms with E-state index in [4.69, 9.17) is 10.2 Å². The standard InChI is InChI=1S/C16H35N6O.CH4.HI/c1-20(2)15(17)18-16(19-23-5)21(3)11-7-10-14-22(4)12-8-6-9-13-22;;/h6-14H2,1-5H3,(H2,17,18,19);1H4;1H/q+1;;/p-1. The molecule has 1 rings (SSSR count). The van der Waals surface area contributed by atoms with Gasteiger partial charge in [-0.2, -0.15) is 4.99 Å². The average Bonchev–Trinajstić information content (AvgIpc) is 2.51. The molecule has 1 heterocycles. The predicted molar refractivity (Wildman–Crippen MR) is 102 cm³/mol. The summed E-state index contributed by atoms with van der Waals surface area (Å²) >= 11 is 0. The van der Waals surface area contributed by atoms with E-state index in [-0.39, 0.29) is 37.4 Å². The third kappa shape index (κ3) is 10.2. The molecule has 1 aliphatic heterocycles. The number of piperidine rings is 1. The third-order valence-electron chi connectivity index (χ3n) is 4.53. The quantitative estimate of drug-likeness (QED) is 0.130. The molecule has 0 spiro atoms. The Hall–Kier alpha value is -0.610. The SMILES string of the molecule is C.CONC(=NC(=N)N(C)C)N(C)CCCC[N+]1(C)CCCCC1.[I-]. The normalized spacial score (nSPS) is 16.3. The molecule has 150 valence electrons. The summed E-state index contributed by atoms with van der Waals surface area (Å²) in [5.74, 6) is 0.771. The zero-order chi connectivity index (χ0) is 17.3. The topological polar surface area (TPSA) is 64.0 Å². The molecule has 0 radical (unpaired) electrons. The van der Waals surface area contributed by atoms with Crippen molar-refractivity contribution in [3.63, 3.8) is 0 Å². The minimum atomic E-state index is 0. The number of aliphatic imine (C=N–C) groups is 1. The molecular weight excluding hydrogens is 431 g/mol. The molecule has 0 unspecified atom stereocenters. The van der Waals surface area contributed by atoms with Crippen LogP contribution in [0.5, 0.6) is 0 Å². The van der Waals surface area contributed by atoms with Crippen molar-refractivity contribution in [2.24, 2.45) is 4.99 Å². The van der Waals surface area contributed by atoms with Crippen LogP contribution in [-0.2, 0) is 4.84 Å². The molecule has 7 nitrogen and oxygen atoms in total. The van der Waals surface area contributed by atoms with E-state index < -0.39 is 0 Å². The van der Waals surface area contributed by atoms with Crippen molar-refractivity contribution in [1.82, 2.24) is 15.3 Å². The lowest BCUT2D eigenvalue weighted by Crippen LogP contribution is -3.00. The fourth-order valence-corrected chi connectivity index (χ4v) is 2.93. The van der Waals surface area contributed by atoms with Crippen molar-refractivity contribution >= 4 is 11.9 Å². The van der Waals surface area contributed by atoms with Crippen LogP contribution in [0.15, 0.2) is 4.99 Å².